The lowest BCUT2D eigenvalue weighted by Crippen LogP contribution is -2.32. The normalized spacial score (nSPS) is 10.0. The van der Waals surface area contributed by atoms with E-state index in [0.29, 0.717) is 10.8 Å². The molecule has 0 unspecified atom stereocenters. The van der Waals surface area contributed by atoms with E-state index in [1.54, 1.807) is 24.3 Å². The summed E-state index contributed by atoms with van der Waals surface area (Å²) < 4.78 is 4.97. The van der Waals surface area contributed by atoms with Gasteiger partial charge in [-0.3, -0.25) is 0 Å². The van der Waals surface area contributed by atoms with Crippen LogP contribution in [0.4, 0.5) is 4.79 Å². The van der Waals surface area contributed by atoms with E-state index in [0.717, 1.165) is 0 Å². The van der Waals surface area contributed by atoms with Gasteiger partial charge in [0.05, 0.1) is 5.02 Å². The first-order chi connectivity index (χ1) is 6.59. The van der Waals surface area contributed by atoms with Crippen molar-refractivity contribution in [3.63, 3.8) is 0 Å². The molecule has 3 nitrogen and oxygen atoms in total. The fraction of sp³-hybridized carbons (Fsp3) is 0.300. The summed E-state index contributed by atoms with van der Waals surface area (Å²) in [7, 11) is 0. The molecule has 0 saturated carbocycles. The highest BCUT2D eigenvalue weighted by molar-refractivity contribution is 6.32. The van der Waals surface area contributed by atoms with Crippen LogP contribution < -0.4 is 10.1 Å². The largest absolute Gasteiger partial charge is 0.412 e. The molecule has 0 heterocycles. The number of rotatable bonds is 2. The maximum absolute atomic E-state index is 11.2. The lowest BCUT2D eigenvalue weighted by atomic mass is 10.3. The van der Waals surface area contributed by atoms with Gasteiger partial charge in [0, 0.05) is 6.04 Å². The minimum absolute atomic E-state index is 0.0463. The molecule has 1 aromatic carbocycles. The molecule has 14 heavy (non-hydrogen) atoms. The van der Waals surface area contributed by atoms with Crippen molar-refractivity contribution in [3.8, 4) is 5.75 Å². The Kier molecular flexibility index (Phi) is 3.77. The van der Waals surface area contributed by atoms with Gasteiger partial charge in [-0.1, -0.05) is 23.7 Å². The number of hydrogen-bond acceptors (Lipinski definition) is 2. The van der Waals surface area contributed by atoms with Crippen molar-refractivity contribution in [2.24, 2.45) is 0 Å². The van der Waals surface area contributed by atoms with E-state index >= 15 is 0 Å². The van der Waals surface area contributed by atoms with Crippen molar-refractivity contribution in [2.45, 2.75) is 19.9 Å². The highest BCUT2D eigenvalue weighted by atomic mass is 35.5. The average molecular weight is 214 g/mol. The molecule has 0 aliphatic rings. The molecule has 1 rings (SSSR count). The van der Waals surface area contributed by atoms with Gasteiger partial charge in [0.15, 0.2) is 5.75 Å². The van der Waals surface area contributed by atoms with Gasteiger partial charge >= 0.3 is 6.09 Å². The van der Waals surface area contributed by atoms with Gasteiger partial charge in [-0.15, -0.1) is 0 Å². The van der Waals surface area contributed by atoms with Crippen LogP contribution in [0.3, 0.4) is 0 Å². The van der Waals surface area contributed by atoms with E-state index in [4.69, 9.17) is 16.3 Å². The van der Waals surface area contributed by atoms with Crippen LogP contribution >= 0.6 is 11.6 Å². The lowest BCUT2D eigenvalue weighted by Gasteiger charge is -2.09. The Balaban J connectivity index is 2.61. The Morgan fingerprint density at radius 1 is 1.43 bits per heavy atom. The predicted molar refractivity (Wildman–Crippen MR) is 55.7 cm³/mol. The number of ether oxygens (including phenoxy) is 1. The summed E-state index contributed by atoms with van der Waals surface area (Å²) in [5, 5.41) is 3.02. The fourth-order valence-electron chi connectivity index (χ4n) is 0.893. The highest BCUT2D eigenvalue weighted by Crippen LogP contribution is 2.22. The number of carbonyl (C=O) groups excluding carboxylic acids is 1. The van der Waals surface area contributed by atoms with Crippen molar-refractivity contribution in [3.05, 3.63) is 29.3 Å². The second-order valence-corrected chi connectivity index (χ2v) is 3.53. The topological polar surface area (TPSA) is 38.3 Å². The number of carbonyl (C=O) groups is 1. The molecule has 1 N–H and O–H groups in total. The zero-order valence-electron chi connectivity index (χ0n) is 8.08. The maximum atomic E-state index is 11.2. The molecular formula is C10H12ClNO2. The van der Waals surface area contributed by atoms with Crippen molar-refractivity contribution in [1.29, 1.82) is 0 Å². The highest BCUT2D eigenvalue weighted by Gasteiger charge is 2.07. The number of benzene rings is 1. The minimum Gasteiger partial charge on any atom is -0.409 e. The summed E-state index contributed by atoms with van der Waals surface area (Å²) >= 11 is 5.80. The molecule has 0 aliphatic heterocycles. The third kappa shape index (κ3) is 3.26. The second-order valence-electron chi connectivity index (χ2n) is 3.12. The van der Waals surface area contributed by atoms with E-state index in [2.05, 4.69) is 5.32 Å². The van der Waals surface area contributed by atoms with Gasteiger partial charge < -0.3 is 10.1 Å². The number of amides is 1. The Bertz CT molecular complexity index is 326. The maximum Gasteiger partial charge on any atom is 0.412 e. The van der Waals surface area contributed by atoms with Crippen molar-refractivity contribution in [2.75, 3.05) is 0 Å². The first-order valence-corrected chi connectivity index (χ1v) is 4.70. The molecular weight excluding hydrogens is 202 g/mol. The van der Waals surface area contributed by atoms with Gasteiger partial charge in [-0.2, -0.15) is 0 Å². The zero-order valence-corrected chi connectivity index (χ0v) is 8.84. The Hall–Kier alpha value is -1.22. The van der Waals surface area contributed by atoms with E-state index in [9.17, 15) is 4.79 Å². The number of nitrogens with one attached hydrogen (secondary N) is 1. The quantitative estimate of drug-likeness (QED) is 0.821. The molecule has 76 valence electrons. The van der Waals surface area contributed by atoms with E-state index < -0.39 is 6.09 Å². The summed E-state index contributed by atoms with van der Waals surface area (Å²) in [5.74, 6) is 0.368. The number of hydrogen-bond donors (Lipinski definition) is 1. The van der Waals surface area contributed by atoms with Crippen LogP contribution in [-0.4, -0.2) is 12.1 Å². The van der Waals surface area contributed by atoms with Gasteiger partial charge in [-0.05, 0) is 26.0 Å². The van der Waals surface area contributed by atoms with Crippen LogP contribution in [0.1, 0.15) is 13.8 Å². The van der Waals surface area contributed by atoms with E-state index in [1.165, 1.54) is 0 Å². The lowest BCUT2D eigenvalue weighted by molar-refractivity contribution is 0.198. The summed E-state index contributed by atoms with van der Waals surface area (Å²) in [6.45, 7) is 3.71. The average Bonchev–Trinajstić information content (AvgIpc) is 2.07. The molecule has 0 radical (unpaired) electrons. The van der Waals surface area contributed by atoms with E-state index in [1.807, 2.05) is 13.8 Å². The molecule has 0 aromatic heterocycles. The molecule has 1 aromatic rings. The standard InChI is InChI=1S/C10H12ClNO2/c1-7(2)12-10(13)14-9-6-4-3-5-8(9)11/h3-7H,1-2H3,(H,12,13). The van der Waals surface area contributed by atoms with Crippen molar-refractivity contribution < 1.29 is 9.53 Å². The summed E-state index contributed by atoms with van der Waals surface area (Å²) in [5.41, 5.74) is 0. The van der Waals surface area contributed by atoms with Crippen LogP contribution in [0.25, 0.3) is 0 Å². The third-order valence-corrected chi connectivity index (χ3v) is 1.76. The van der Waals surface area contributed by atoms with Crippen LogP contribution in [0.2, 0.25) is 5.02 Å². The summed E-state index contributed by atoms with van der Waals surface area (Å²) in [6, 6.07) is 6.88. The van der Waals surface area contributed by atoms with Crippen LogP contribution in [-0.2, 0) is 0 Å². The van der Waals surface area contributed by atoms with Crippen LogP contribution in [0.5, 0.6) is 5.75 Å². The monoisotopic (exact) mass is 213 g/mol. The molecule has 0 fully saturated rings. The van der Waals surface area contributed by atoms with Crippen molar-refractivity contribution in [1.82, 2.24) is 5.32 Å². The molecule has 0 spiro atoms. The Morgan fingerprint density at radius 3 is 2.64 bits per heavy atom. The first kappa shape index (κ1) is 10.9. The molecule has 0 bridgehead atoms. The minimum atomic E-state index is -0.492. The fourth-order valence-corrected chi connectivity index (χ4v) is 1.07. The van der Waals surface area contributed by atoms with Crippen LogP contribution in [0.15, 0.2) is 24.3 Å². The summed E-state index contributed by atoms with van der Waals surface area (Å²) in [6.07, 6.45) is -0.492. The second kappa shape index (κ2) is 4.86. The van der Waals surface area contributed by atoms with E-state index in [-0.39, 0.29) is 6.04 Å². The molecule has 0 aliphatic carbocycles. The zero-order chi connectivity index (χ0) is 10.6. The smallest absolute Gasteiger partial charge is 0.409 e. The van der Waals surface area contributed by atoms with Gasteiger partial charge in [0.2, 0.25) is 0 Å². The van der Waals surface area contributed by atoms with Crippen LogP contribution in [0, 0.1) is 0 Å². The number of halogens is 1. The Labute approximate surface area is 88.0 Å². The third-order valence-electron chi connectivity index (χ3n) is 1.45. The SMILES string of the molecule is CC(C)NC(=O)Oc1ccccc1Cl. The molecule has 0 atom stereocenters. The number of para-hydroxylation sites is 1. The predicted octanol–water partition coefficient (Wildman–Crippen LogP) is 2.84. The summed E-state index contributed by atoms with van der Waals surface area (Å²) in [4.78, 5) is 11.2. The molecule has 1 amide bonds. The van der Waals surface area contributed by atoms with Gasteiger partial charge in [-0.25, -0.2) is 4.79 Å². The van der Waals surface area contributed by atoms with Crippen molar-refractivity contribution >= 4 is 17.7 Å². The molecule has 4 heteroatoms. The Morgan fingerprint density at radius 2 is 2.07 bits per heavy atom. The molecule has 0 saturated heterocycles. The van der Waals surface area contributed by atoms with Gasteiger partial charge in [0.1, 0.15) is 0 Å². The van der Waals surface area contributed by atoms with Gasteiger partial charge in [0.25, 0.3) is 0 Å². The first-order valence-electron chi connectivity index (χ1n) is 4.32.